The summed E-state index contributed by atoms with van der Waals surface area (Å²) in [7, 11) is 0. The highest BCUT2D eigenvalue weighted by Gasteiger charge is 2.16. The zero-order valence-electron chi connectivity index (χ0n) is 9.71. The van der Waals surface area contributed by atoms with Gasteiger partial charge in [-0.1, -0.05) is 11.2 Å². The molecule has 3 N–H and O–H groups in total. The second kappa shape index (κ2) is 4.60. The van der Waals surface area contributed by atoms with E-state index in [9.17, 15) is 0 Å². The topological polar surface area (TPSA) is 98.1 Å². The molecule has 0 unspecified atom stereocenters. The van der Waals surface area contributed by atoms with Crippen LogP contribution in [0.4, 0.5) is 0 Å². The Hall–Kier alpha value is -1.79. The molecule has 90 valence electrons. The molecule has 1 atom stereocenters. The molecule has 0 radical (unpaired) electrons. The van der Waals surface area contributed by atoms with E-state index in [0.717, 1.165) is 11.1 Å². The van der Waals surface area contributed by atoms with Gasteiger partial charge in [0.05, 0.1) is 6.61 Å². The predicted molar refractivity (Wildman–Crippen MR) is 61.0 cm³/mol. The number of aromatic nitrogens is 3. The molecular weight excluding hydrogens is 220 g/mol. The van der Waals surface area contributed by atoms with Gasteiger partial charge in [-0.05, 0) is 25.0 Å². The first-order valence-electron chi connectivity index (χ1n) is 5.25. The van der Waals surface area contributed by atoms with Gasteiger partial charge in [-0.15, -0.1) is 0 Å². The molecule has 0 bridgehead atoms. The van der Waals surface area contributed by atoms with E-state index in [-0.39, 0.29) is 12.5 Å². The number of aliphatic hydroxyl groups excluding tert-OH is 1. The first-order valence-corrected chi connectivity index (χ1v) is 5.25. The Morgan fingerprint density at radius 3 is 2.88 bits per heavy atom. The summed E-state index contributed by atoms with van der Waals surface area (Å²) < 4.78 is 4.97. The minimum absolute atomic E-state index is 0.212. The number of aliphatic hydroxyl groups is 1. The lowest BCUT2D eigenvalue weighted by Crippen LogP contribution is -2.14. The van der Waals surface area contributed by atoms with E-state index in [1.54, 1.807) is 6.20 Å². The fourth-order valence-electron chi connectivity index (χ4n) is 1.51. The van der Waals surface area contributed by atoms with Crippen LogP contribution in [0.5, 0.6) is 0 Å². The molecule has 0 saturated heterocycles. The van der Waals surface area contributed by atoms with Gasteiger partial charge in [-0.2, -0.15) is 4.98 Å². The Balaban J connectivity index is 2.37. The van der Waals surface area contributed by atoms with Crippen molar-refractivity contribution in [1.29, 1.82) is 0 Å². The van der Waals surface area contributed by atoms with E-state index in [1.165, 1.54) is 0 Å². The highest BCUT2D eigenvalue weighted by Crippen LogP contribution is 2.19. The van der Waals surface area contributed by atoms with Gasteiger partial charge in [0.1, 0.15) is 11.7 Å². The fourth-order valence-corrected chi connectivity index (χ4v) is 1.51. The van der Waals surface area contributed by atoms with E-state index in [1.807, 2.05) is 19.9 Å². The van der Waals surface area contributed by atoms with Crippen LogP contribution in [-0.2, 0) is 0 Å². The van der Waals surface area contributed by atoms with Crippen LogP contribution in [0.15, 0.2) is 16.8 Å². The first-order chi connectivity index (χ1) is 8.11. The van der Waals surface area contributed by atoms with Gasteiger partial charge in [-0.3, -0.25) is 4.98 Å². The van der Waals surface area contributed by atoms with Gasteiger partial charge >= 0.3 is 0 Å². The van der Waals surface area contributed by atoms with Crippen LogP contribution in [0, 0.1) is 13.8 Å². The molecule has 2 rings (SSSR count). The van der Waals surface area contributed by atoms with Gasteiger partial charge in [-0.25, -0.2) is 0 Å². The van der Waals surface area contributed by atoms with E-state index in [0.29, 0.717) is 11.5 Å². The van der Waals surface area contributed by atoms with Crippen molar-refractivity contribution in [2.24, 2.45) is 5.73 Å². The molecule has 0 fully saturated rings. The van der Waals surface area contributed by atoms with Crippen molar-refractivity contribution in [3.8, 4) is 11.5 Å². The number of nitrogens with two attached hydrogens (primary N) is 1. The maximum absolute atomic E-state index is 8.89. The second-order valence-electron chi connectivity index (χ2n) is 3.92. The molecular formula is C11H14N4O2. The third kappa shape index (κ3) is 2.32. The van der Waals surface area contributed by atoms with E-state index in [4.69, 9.17) is 15.4 Å². The molecule has 2 heterocycles. The maximum Gasteiger partial charge on any atom is 0.246 e. The minimum Gasteiger partial charge on any atom is -0.394 e. The van der Waals surface area contributed by atoms with Crippen LogP contribution in [0.3, 0.4) is 0 Å². The van der Waals surface area contributed by atoms with Gasteiger partial charge < -0.3 is 15.4 Å². The molecule has 6 nitrogen and oxygen atoms in total. The number of rotatable bonds is 3. The SMILES string of the molecule is Cc1cnc(-c2noc([C@H](N)CO)n2)c(C)c1. The third-order valence-corrected chi connectivity index (χ3v) is 2.38. The monoisotopic (exact) mass is 234 g/mol. The largest absolute Gasteiger partial charge is 0.394 e. The van der Waals surface area contributed by atoms with Crippen LogP contribution in [0.2, 0.25) is 0 Å². The van der Waals surface area contributed by atoms with Crippen molar-refractivity contribution in [2.45, 2.75) is 19.9 Å². The smallest absolute Gasteiger partial charge is 0.246 e. The van der Waals surface area contributed by atoms with Crippen molar-refractivity contribution >= 4 is 0 Å². The second-order valence-corrected chi connectivity index (χ2v) is 3.92. The van der Waals surface area contributed by atoms with Gasteiger partial charge in [0, 0.05) is 6.20 Å². The molecule has 6 heteroatoms. The van der Waals surface area contributed by atoms with E-state index < -0.39 is 6.04 Å². The lowest BCUT2D eigenvalue weighted by Gasteiger charge is -2.01. The quantitative estimate of drug-likeness (QED) is 0.812. The molecule has 0 aromatic carbocycles. The zero-order chi connectivity index (χ0) is 12.4. The fraction of sp³-hybridized carbons (Fsp3) is 0.364. The molecule has 2 aromatic heterocycles. The molecule has 2 aromatic rings. The Bertz CT molecular complexity index is 524. The number of hydrogen-bond donors (Lipinski definition) is 2. The van der Waals surface area contributed by atoms with Crippen molar-refractivity contribution < 1.29 is 9.63 Å². The van der Waals surface area contributed by atoms with Crippen LogP contribution >= 0.6 is 0 Å². The first kappa shape index (κ1) is 11.7. The van der Waals surface area contributed by atoms with Gasteiger partial charge in [0.2, 0.25) is 11.7 Å². The average molecular weight is 234 g/mol. The van der Waals surface area contributed by atoms with Crippen LogP contribution in [0.25, 0.3) is 11.5 Å². The van der Waals surface area contributed by atoms with Crippen LogP contribution in [-0.4, -0.2) is 26.8 Å². The van der Waals surface area contributed by atoms with Crippen molar-refractivity contribution in [2.75, 3.05) is 6.61 Å². The lowest BCUT2D eigenvalue weighted by molar-refractivity contribution is 0.237. The summed E-state index contributed by atoms with van der Waals surface area (Å²) in [5.74, 6) is 0.602. The Morgan fingerprint density at radius 2 is 2.24 bits per heavy atom. The highest BCUT2D eigenvalue weighted by atomic mass is 16.5. The van der Waals surface area contributed by atoms with Crippen molar-refractivity contribution in [3.63, 3.8) is 0 Å². The summed E-state index contributed by atoms with van der Waals surface area (Å²) in [6.45, 7) is 3.66. The summed E-state index contributed by atoms with van der Waals surface area (Å²) in [5, 5.41) is 12.7. The standard InChI is InChI=1S/C11H14N4O2/c1-6-3-7(2)9(13-4-6)10-14-11(17-15-10)8(12)5-16/h3-4,8,16H,5,12H2,1-2H3/t8-/m1/s1. The summed E-state index contributed by atoms with van der Waals surface area (Å²) >= 11 is 0. The Kier molecular flexibility index (Phi) is 3.16. The van der Waals surface area contributed by atoms with Crippen molar-refractivity contribution in [3.05, 3.63) is 29.3 Å². The average Bonchev–Trinajstić information content (AvgIpc) is 2.77. The summed E-state index contributed by atoms with van der Waals surface area (Å²) in [4.78, 5) is 8.37. The van der Waals surface area contributed by atoms with Crippen LogP contribution in [0.1, 0.15) is 23.1 Å². The number of aryl methyl sites for hydroxylation is 2. The molecule has 17 heavy (non-hydrogen) atoms. The molecule has 0 saturated carbocycles. The Morgan fingerprint density at radius 1 is 1.47 bits per heavy atom. The maximum atomic E-state index is 8.89. The number of pyridine rings is 1. The molecule has 0 aliphatic carbocycles. The molecule has 0 spiro atoms. The molecule has 0 amide bonds. The van der Waals surface area contributed by atoms with Gasteiger partial charge in [0.25, 0.3) is 0 Å². The molecule has 0 aliphatic rings. The third-order valence-electron chi connectivity index (χ3n) is 2.38. The lowest BCUT2D eigenvalue weighted by atomic mass is 10.1. The predicted octanol–water partition coefficient (Wildman–Crippen LogP) is 0.741. The Labute approximate surface area is 98.5 Å². The van der Waals surface area contributed by atoms with E-state index in [2.05, 4.69) is 15.1 Å². The number of hydrogen-bond acceptors (Lipinski definition) is 6. The van der Waals surface area contributed by atoms with Crippen molar-refractivity contribution in [1.82, 2.24) is 15.1 Å². The molecule has 0 aliphatic heterocycles. The zero-order valence-corrected chi connectivity index (χ0v) is 9.71. The summed E-state index contributed by atoms with van der Waals surface area (Å²) in [6, 6.07) is 1.34. The van der Waals surface area contributed by atoms with Crippen LogP contribution < -0.4 is 5.73 Å². The minimum atomic E-state index is -0.651. The summed E-state index contributed by atoms with van der Waals surface area (Å²) in [6.07, 6.45) is 1.74. The van der Waals surface area contributed by atoms with Gasteiger partial charge in [0.15, 0.2) is 0 Å². The highest BCUT2D eigenvalue weighted by molar-refractivity contribution is 5.54. The summed E-state index contributed by atoms with van der Waals surface area (Å²) in [5.41, 5.74) is 8.28. The van der Waals surface area contributed by atoms with E-state index >= 15 is 0 Å². The number of nitrogens with zero attached hydrogens (tertiary/aromatic N) is 3. The normalized spacial score (nSPS) is 12.7.